The zero-order chi connectivity index (χ0) is 10.8. The molecule has 0 bridgehead atoms. The number of anilines is 1. The second-order valence-corrected chi connectivity index (χ2v) is 3.81. The summed E-state index contributed by atoms with van der Waals surface area (Å²) in [5.74, 6) is -1.22. The molecule has 2 rings (SSSR count). The van der Waals surface area contributed by atoms with E-state index in [1.807, 2.05) is 0 Å². The number of aliphatic carboxylic acids is 1. The molecule has 0 fully saturated rings. The quantitative estimate of drug-likeness (QED) is 0.821. The van der Waals surface area contributed by atoms with Crippen LogP contribution in [0.4, 0.5) is 5.13 Å². The fourth-order valence-electron chi connectivity index (χ4n) is 1.22. The molecule has 15 heavy (non-hydrogen) atoms. The number of hydrogen-bond acceptors (Lipinski definition) is 5. The minimum absolute atomic E-state index is 0.0614. The zero-order valence-electron chi connectivity index (χ0n) is 7.58. The molecule has 0 saturated heterocycles. The summed E-state index contributed by atoms with van der Waals surface area (Å²) in [6.07, 6.45) is 1.43. The molecule has 1 amide bonds. The van der Waals surface area contributed by atoms with Crippen LogP contribution in [0.3, 0.4) is 0 Å². The first-order valence-electron chi connectivity index (χ1n) is 4.17. The van der Waals surface area contributed by atoms with Crippen LogP contribution >= 0.6 is 11.3 Å². The molecule has 0 aromatic carbocycles. The summed E-state index contributed by atoms with van der Waals surface area (Å²) in [5.41, 5.74) is 0.364. The minimum Gasteiger partial charge on any atom is -0.481 e. The van der Waals surface area contributed by atoms with Crippen LogP contribution in [0.25, 0.3) is 0 Å². The monoisotopic (exact) mass is 225 g/mol. The number of amides is 1. The van der Waals surface area contributed by atoms with Gasteiger partial charge in [-0.05, 0) is 0 Å². The van der Waals surface area contributed by atoms with E-state index in [2.05, 4.69) is 10.1 Å². The maximum atomic E-state index is 11.4. The van der Waals surface area contributed by atoms with Gasteiger partial charge in [-0.15, -0.1) is 11.3 Å². The van der Waals surface area contributed by atoms with Crippen LogP contribution in [0, 0.1) is 0 Å². The summed E-state index contributed by atoms with van der Waals surface area (Å²) in [6.45, 7) is 0. The highest BCUT2D eigenvalue weighted by Gasteiger charge is 2.27. The van der Waals surface area contributed by atoms with Crippen molar-refractivity contribution in [2.45, 2.75) is 12.8 Å². The van der Waals surface area contributed by atoms with Crippen LogP contribution in [0.15, 0.2) is 16.7 Å². The summed E-state index contributed by atoms with van der Waals surface area (Å²) in [6, 6.07) is 0. The van der Waals surface area contributed by atoms with Crippen molar-refractivity contribution in [1.29, 1.82) is 0 Å². The van der Waals surface area contributed by atoms with Crippen LogP contribution in [-0.4, -0.2) is 27.7 Å². The standard InChI is InChI=1S/C8H7N3O3S/c12-6-3-5(4-7(13)14)10-11(6)8-9-1-2-15-8/h1-2H,3-4H2,(H,13,14). The SMILES string of the molecule is O=C(O)CC1=NN(c2nccs2)C(=O)C1. The van der Waals surface area contributed by atoms with Gasteiger partial charge in [0, 0.05) is 11.6 Å². The molecule has 0 unspecified atom stereocenters. The van der Waals surface area contributed by atoms with Crippen LogP contribution in [0.5, 0.6) is 0 Å². The number of carbonyl (C=O) groups is 2. The predicted octanol–water partition coefficient (Wildman–Crippen LogP) is 0.710. The van der Waals surface area contributed by atoms with Gasteiger partial charge >= 0.3 is 5.97 Å². The van der Waals surface area contributed by atoms with E-state index in [9.17, 15) is 9.59 Å². The molecule has 78 valence electrons. The smallest absolute Gasteiger partial charge is 0.309 e. The van der Waals surface area contributed by atoms with Gasteiger partial charge in [0.05, 0.1) is 18.6 Å². The molecule has 0 aliphatic carbocycles. The average molecular weight is 225 g/mol. The fraction of sp³-hybridized carbons (Fsp3) is 0.250. The molecule has 1 N–H and O–H groups in total. The summed E-state index contributed by atoms with van der Waals surface area (Å²) in [7, 11) is 0. The van der Waals surface area contributed by atoms with E-state index in [0.29, 0.717) is 10.8 Å². The third-order valence-corrected chi connectivity index (χ3v) is 2.54. The molecule has 0 atom stereocenters. The van der Waals surface area contributed by atoms with Gasteiger partial charge in [-0.2, -0.15) is 10.1 Å². The van der Waals surface area contributed by atoms with E-state index >= 15 is 0 Å². The molecule has 2 heterocycles. The van der Waals surface area contributed by atoms with Crippen molar-refractivity contribution in [2.24, 2.45) is 5.10 Å². The number of hydrazone groups is 1. The Morgan fingerprint density at radius 2 is 2.47 bits per heavy atom. The van der Waals surface area contributed by atoms with Gasteiger partial charge in [-0.1, -0.05) is 0 Å². The molecule has 1 aromatic heterocycles. The number of aromatic nitrogens is 1. The predicted molar refractivity (Wildman–Crippen MR) is 53.9 cm³/mol. The Balaban J connectivity index is 2.17. The van der Waals surface area contributed by atoms with Crippen LogP contribution < -0.4 is 5.01 Å². The lowest BCUT2D eigenvalue weighted by Gasteiger charge is -2.05. The van der Waals surface area contributed by atoms with Gasteiger partial charge in [0.1, 0.15) is 0 Å². The first kappa shape index (κ1) is 9.78. The van der Waals surface area contributed by atoms with Crippen LogP contribution in [-0.2, 0) is 9.59 Å². The summed E-state index contributed by atoms with van der Waals surface area (Å²) in [4.78, 5) is 25.8. The van der Waals surface area contributed by atoms with Crippen LogP contribution in [0.2, 0.25) is 0 Å². The lowest BCUT2D eigenvalue weighted by molar-refractivity contribution is -0.135. The fourth-order valence-corrected chi connectivity index (χ4v) is 1.83. The molecule has 1 aliphatic heterocycles. The average Bonchev–Trinajstić information content (AvgIpc) is 2.72. The minimum atomic E-state index is -0.984. The zero-order valence-corrected chi connectivity index (χ0v) is 8.40. The Bertz CT molecular complexity index is 426. The number of thiazole rings is 1. The van der Waals surface area contributed by atoms with E-state index in [1.54, 1.807) is 11.6 Å². The largest absolute Gasteiger partial charge is 0.481 e. The van der Waals surface area contributed by atoms with E-state index in [-0.39, 0.29) is 18.7 Å². The second kappa shape index (κ2) is 3.77. The highest BCUT2D eigenvalue weighted by Crippen LogP contribution is 2.23. The first-order valence-corrected chi connectivity index (χ1v) is 5.05. The van der Waals surface area contributed by atoms with Gasteiger partial charge in [0.25, 0.3) is 5.91 Å². The van der Waals surface area contributed by atoms with Gasteiger partial charge in [-0.25, -0.2) is 4.98 Å². The van der Waals surface area contributed by atoms with Gasteiger partial charge in [0.2, 0.25) is 5.13 Å². The Morgan fingerprint density at radius 3 is 3.07 bits per heavy atom. The molecule has 6 nitrogen and oxygen atoms in total. The van der Waals surface area contributed by atoms with Crippen molar-refractivity contribution in [1.82, 2.24) is 4.98 Å². The molecular weight excluding hydrogens is 218 g/mol. The molecule has 1 aromatic rings. The first-order chi connectivity index (χ1) is 7.16. The molecule has 0 saturated carbocycles. The Morgan fingerprint density at radius 1 is 1.67 bits per heavy atom. The molecule has 7 heteroatoms. The van der Waals surface area contributed by atoms with Crippen molar-refractivity contribution in [3.63, 3.8) is 0 Å². The lowest BCUT2D eigenvalue weighted by Crippen LogP contribution is -2.19. The van der Waals surface area contributed by atoms with Crippen molar-refractivity contribution < 1.29 is 14.7 Å². The highest BCUT2D eigenvalue weighted by molar-refractivity contribution is 7.13. The van der Waals surface area contributed by atoms with Crippen molar-refractivity contribution in [3.05, 3.63) is 11.6 Å². The molecule has 0 radical (unpaired) electrons. The molecular formula is C8H7N3O3S. The van der Waals surface area contributed by atoms with Gasteiger partial charge in [0.15, 0.2) is 0 Å². The second-order valence-electron chi connectivity index (χ2n) is 2.93. The summed E-state index contributed by atoms with van der Waals surface area (Å²) < 4.78 is 0. The molecule has 1 aliphatic rings. The number of carboxylic acids is 1. The maximum absolute atomic E-state index is 11.4. The Kier molecular flexibility index (Phi) is 2.46. The number of rotatable bonds is 3. The molecule has 0 spiro atoms. The third kappa shape index (κ3) is 2.01. The summed E-state index contributed by atoms with van der Waals surface area (Å²) >= 11 is 1.28. The van der Waals surface area contributed by atoms with E-state index in [4.69, 9.17) is 5.11 Å². The number of carboxylic acid groups (broad SMARTS) is 1. The highest BCUT2D eigenvalue weighted by atomic mass is 32.1. The van der Waals surface area contributed by atoms with Gasteiger partial charge < -0.3 is 5.11 Å². The van der Waals surface area contributed by atoms with E-state index < -0.39 is 5.97 Å². The van der Waals surface area contributed by atoms with Crippen LogP contribution in [0.1, 0.15) is 12.8 Å². The Hall–Kier alpha value is -1.76. The van der Waals surface area contributed by atoms with E-state index in [1.165, 1.54) is 11.3 Å². The number of hydrogen-bond donors (Lipinski definition) is 1. The van der Waals surface area contributed by atoms with Crippen molar-refractivity contribution in [3.8, 4) is 0 Å². The maximum Gasteiger partial charge on any atom is 0.309 e. The van der Waals surface area contributed by atoms with Crippen molar-refractivity contribution >= 4 is 34.1 Å². The number of nitrogens with zero attached hydrogens (tertiary/aromatic N) is 3. The van der Waals surface area contributed by atoms with Crippen molar-refractivity contribution in [2.75, 3.05) is 5.01 Å². The lowest BCUT2D eigenvalue weighted by atomic mass is 10.2. The normalized spacial score (nSPS) is 15.6. The van der Waals surface area contributed by atoms with E-state index in [0.717, 1.165) is 5.01 Å². The number of carbonyl (C=O) groups excluding carboxylic acids is 1. The summed E-state index contributed by atoms with van der Waals surface area (Å²) in [5, 5.41) is 15.8. The van der Waals surface area contributed by atoms with Gasteiger partial charge in [-0.3, -0.25) is 9.59 Å². The topological polar surface area (TPSA) is 82.9 Å². The third-order valence-electron chi connectivity index (χ3n) is 1.79. The Labute approximate surface area is 88.9 Å².